The zero-order chi connectivity index (χ0) is 43.3. The molecule has 2 rings (SSSR count). The molecule has 316 valence electrons. The van der Waals surface area contributed by atoms with Crippen LogP contribution in [-0.4, -0.2) is 120 Å². The number of esters is 2. The number of halogens is 1. The van der Waals surface area contributed by atoms with Gasteiger partial charge in [0.05, 0.1) is 37.2 Å². The number of rotatable bonds is 14. The van der Waals surface area contributed by atoms with Gasteiger partial charge >= 0.3 is 11.9 Å². The Bertz CT molecular complexity index is 1820. The van der Waals surface area contributed by atoms with E-state index in [0.29, 0.717) is 38.6 Å². The van der Waals surface area contributed by atoms with Gasteiger partial charge in [0.2, 0.25) is 20.0 Å². The van der Waals surface area contributed by atoms with Crippen molar-refractivity contribution in [1.82, 2.24) is 8.61 Å². The van der Waals surface area contributed by atoms with Crippen LogP contribution in [0.2, 0.25) is 0 Å². The molecule has 0 aliphatic heterocycles. The molecule has 0 unspecified atom stereocenters. The van der Waals surface area contributed by atoms with Gasteiger partial charge in [0.15, 0.2) is 0 Å². The molecule has 0 spiro atoms. The molecule has 0 aliphatic rings. The minimum atomic E-state index is -3.70. The van der Waals surface area contributed by atoms with Crippen LogP contribution in [0.1, 0.15) is 74.9 Å². The van der Waals surface area contributed by atoms with E-state index in [2.05, 4.69) is 15.9 Å². The van der Waals surface area contributed by atoms with Gasteiger partial charge in [-0.2, -0.15) is 8.61 Å². The predicted octanol–water partition coefficient (Wildman–Crippen LogP) is 5.56. The second-order valence-corrected chi connectivity index (χ2v) is 19.2. The lowest BCUT2D eigenvalue weighted by Crippen LogP contribution is -2.32. The molecule has 0 fully saturated rings. The fourth-order valence-corrected chi connectivity index (χ4v) is 8.43. The first-order valence-electron chi connectivity index (χ1n) is 17.4. The van der Waals surface area contributed by atoms with Gasteiger partial charge in [0, 0.05) is 27.2 Å². The van der Waals surface area contributed by atoms with Gasteiger partial charge in [0.1, 0.15) is 34.6 Å². The van der Waals surface area contributed by atoms with E-state index in [-0.39, 0.29) is 54.7 Å². The number of aryl methyl sites for hydroxylation is 2. The zero-order valence-electron chi connectivity index (χ0n) is 35.4. The van der Waals surface area contributed by atoms with Crippen LogP contribution in [0, 0.1) is 41.5 Å². The lowest BCUT2D eigenvalue weighted by molar-refractivity contribution is -0.160. The van der Waals surface area contributed by atoms with E-state index in [4.69, 9.17) is 28.8 Å². The number of nitrogens with zero attached hydrogens (tertiary/aromatic N) is 2. The number of alkyl halides is 1. The van der Waals surface area contributed by atoms with Gasteiger partial charge < -0.3 is 28.8 Å². The SMILES string of the molecule is CC(C)(C)OC(=O)CBr.COc1cc(C)c(S(=O)(=O)N(C)CCO)c(C)c1C.COc1cc(C)c(S(=O)(=O)N(C)CCOCC(=O)OC(C)(C)C)c(C)c1C. The molecule has 0 bridgehead atoms. The number of ether oxygens (including phenoxy) is 5. The maximum absolute atomic E-state index is 13.0. The third-order valence-corrected chi connectivity index (χ3v) is 12.6. The summed E-state index contributed by atoms with van der Waals surface area (Å²) in [5, 5.41) is 9.16. The number of hydrogen-bond donors (Lipinski definition) is 1. The molecule has 0 heterocycles. The lowest BCUT2D eigenvalue weighted by atomic mass is 10.1. The number of carbonyl (C=O) groups excluding carboxylic acids is 2. The Balaban J connectivity index is 0.000000900. The summed E-state index contributed by atoms with van der Waals surface area (Å²) >= 11 is 2.99. The van der Waals surface area contributed by atoms with Crippen molar-refractivity contribution in [2.24, 2.45) is 0 Å². The van der Waals surface area contributed by atoms with E-state index in [1.54, 1.807) is 74.8 Å². The quantitative estimate of drug-likeness (QED) is 0.142. The number of methoxy groups -OCH3 is 2. The molecule has 0 saturated carbocycles. The van der Waals surface area contributed by atoms with Crippen LogP contribution in [0.25, 0.3) is 0 Å². The Kier molecular flexibility index (Phi) is 21.1. The van der Waals surface area contributed by atoms with Crippen molar-refractivity contribution in [2.45, 2.75) is 104 Å². The van der Waals surface area contributed by atoms with Crippen LogP contribution in [0.3, 0.4) is 0 Å². The van der Waals surface area contributed by atoms with E-state index in [1.807, 2.05) is 34.6 Å². The summed E-state index contributed by atoms with van der Waals surface area (Å²) in [5.74, 6) is 0.638. The van der Waals surface area contributed by atoms with E-state index in [1.165, 1.54) is 18.4 Å². The van der Waals surface area contributed by atoms with Crippen LogP contribution >= 0.6 is 15.9 Å². The van der Waals surface area contributed by atoms with Crippen LogP contribution in [0.15, 0.2) is 21.9 Å². The first-order chi connectivity index (χ1) is 25.0. The molecular weight excluding hydrogens is 820 g/mol. The molecule has 14 nitrogen and oxygen atoms in total. The average Bonchev–Trinajstić information content (AvgIpc) is 3.05. The largest absolute Gasteiger partial charge is 0.496 e. The number of likely N-dealkylation sites (N-methyl/N-ethyl adjacent to an activating group) is 2. The Hall–Kier alpha value is -2.80. The standard InChI is InChI=1S/C19H31NO6S.C13H21NO4S.C6H11BrO2/c1-13-11-16(24-8)14(2)15(3)18(13)27(22,23)20(7)9-10-25-12-17(21)26-19(4,5)6;1-9-8-12(18-5)10(2)11(3)13(9)19(16,17)14(4)6-7-15;1-6(2,3)9-5(8)4-7/h11H,9-10,12H2,1-8H3;8,15H,6-7H2,1-5H3;4H2,1-3H3. The van der Waals surface area contributed by atoms with Crippen LogP contribution in [0.5, 0.6) is 11.5 Å². The summed E-state index contributed by atoms with van der Waals surface area (Å²) in [6.07, 6.45) is 0. The van der Waals surface area contributed by atoms with Gasteiger partial charge in [-0.1, -0.05) is 15.9 Å². The Morgan fingerprint density at radius 3 is 1.35 bits per heavy atom. The molecule has 17 heteroatoms. The summed E-state index contributed by atoms with van der Waals surface area (Å²) in [6.45, 7) is 21.4. The van der Waals surface area contributed by atoms with Crippen molar-refractivity contribution in [2.75, 3.05) is 66.6 Å². The van der Waals surface area contributed by atoms with Gasteiger partial charge in [-0.25, -0.2) is 21.6 Å². The highest BCUT2D eigenvalue weighted by Gasteiger charge is 2.28. The third-order valence-electron chi connectivity index (χ3n) is 7.87. The highest BCUT2D eigenvalue weighted by atomic mass is 79.9. The number of hydrogen-bond acceptors (Lipinski definition) is 12. The molecule has 0 aromatic heterocycles. The second kappa shape index (κ2) is 22.2. The van der Waals surface area contributed by atoms with Crippen molar-refractivity contribution in [1.29, 1.82) is 0 Å². The van der Waals surface area contributed by atoms with Crippen molar-refractivity contribution < 1.29 is 55.2 Å². The lowest BCUT2D eigenvalue weighted by Gasteiger charge is -2.22. The minimum Gasteiger partial charge on any atom is -0.496 e. The Labute approximate surface area is 338 Å². The maximum atomic E-state index is 13.0. The van der Waals surface area contributed by atoms with Crippen molar-refractivity contribution in [3.63, 3.8) is 0 Å². The van der Waals surface area contributed by atoms with E-state index < -0.39 is 31.6 Å². The highest BCUT2D eigenvalue weighted by molar-refractivity contribution is 9.09. The molecule has 2 aromatic carbocycles. The molecule has 0 amide bonds. The van der Waals surface area contributed by atoms with E-state index in [0.717, 1.165) is 15.4 Å². The Morgan fingerprint density at radius 2 is 1.04 bits per heavy atom. The zero-order valence-corrected chi connectivity index (χ0v) is 38.6. The molecule has 55 heavy (non-hydrogen) atoms. The number of aliphatic hydroxyl groups excluding tert-OH is 1. The number of sulfonamides is 2. The van der Waals surface area contributed by atoms with Gasteiger partial charge in [-0.15, -0.1) is 0 Å². The molecule has 0 atom stereocenters. The first kappa shape index (κ1) is 52.2. The predicted molar refractivity (Wildman–Crippen MR) is 217 cm³/mol. The molecular formula is C38H63BrN2O12S2. The molecule has 2 aromatic rings. The van der Waals surface area contributed by atoms with Crippen LogP contribution in [0.4, 0.5) is 0 Å². The number of carbonyl (C=O) groups is 2. The summed E-state index contributed by atoms with van der Waals surface area (Å²) in [7, 11) is -1.21. The smallest absolute Gasteiger partial charge is 0.332 e. The van der Waals surface area contributed by atoms with Crippen LogP contribution in [-0.2, 0) is 43.8 Å². The maximum Gasteiger partial charge on any atom is 0.332 e. The topological polar surface area (TPSA) is 175 Å². The highest BCUT2D eigenvalue weighted by Crippen LogP contribution is 2.33. The average molecular weight is 884 g/mol. The van der Waals surface area contributed by atoms with Gasteiger partial charge in [0.25, 0.3) is 0 Å². The van der Waals surface area contributed by atoms with Gasteiger partial charge in [-0.05, 0) is 129 Å². The second-order valence-electron chi connectivity index (χ2n) is 14.7. The van der Waals surface area contributed by atoms with E-state index >= 15 is 0 Å². The summed E-state index contributed by atoms with van der Waals surface area (Å²) in [6, 6.07) is 3.45. The number of benzene rings is 2. The molecule has 0 aliphatic carbocycles. The number of aliphatic hydroxyl groups is 1. The van der Waals surface area contributed by atoms with Crippen molar-refractivity contribution in [3.05, 3.63) is 45.5 Å². The molecule has 1 N–H and O–H groups in total. The summed E-state index contributed by atoms with van der Waals surface area (Å²) in [5.41, 5.74) is 3.27. The van der Waals surface area contributed by atoms with E-state index in [9.17, 15) is 26.4 Å². The fourth-order valence-electron chi connectivity index (χ4n) is 5.04. The minimum absolute atomic E-state index is 0.0757. The molecule has 0 radical (unpaired) electrons. The van der Waals surface area contributed by atoms with Gasteiger partial charge in [-0.3, -0.25) is 4.79 Å². The summed E-state index contributed by atoms with van der Waals surface area (Å²) in [4.78, 5) is 22.7. The Morgan fingerprint density at radius 1 is 0.673 bits per heavy atom. The third kappa shape index (κ3) is 16.3. The normalized spacial score (nSPS) is 12.0. The fraction of sp³-hybridized carbons (Fsp3) is 0.632. The van der Waals surface area contributed by atoms with Crippen molar-refractivity contribution in [3.8, 4) is 11.5 Å². The molecule has 0 saturated heterocycles. The summed E-state index contributed by atoms with van der Waals surface area (Å²) < 4.78 is 79.2. The van der Waals surface area contributed by atoms with Crippen molar-refractivity contribution >= 4 is 47.9 Å². The monoisotopic (exact) mass is 882 g/mol. The first-order valence-corrected chi connectivity index (χ1v) is 21.4. The van der Waals surface area contributed by atoms with Crippen LogP contribution < -0.4 is 9.47 Å².